The lowest BCUT2D eigenvalue weighted by atomic mass is 10.0. The fourth-order valence-electron chi connectivity index (χ4n) is 6.86. The minimum absolute atomic E-state index is 0.0425. The molecule has 9 heteroatoms. The van der Waals surface area contributed by atoms with Crippen molar-refractivity contribution in [2.75, 3.05) is 70.2 Å². The summed E-state index contributed by atoms with van der Waals surface area (Å²) in [6.45, 7) is 11.1. The average molecular weight is 612 g/mol. The SMILES string of the molecule is COc1cc2c(cc1OCC(O)CN1CCN(c3ccccc3)CC1)=C1CC(Nc3c(C)cc(C)cc3C)N(C)C(=O)N1CC=2. The van der Waals surface area contributed by atoms with Crippen LogP contribution in [0.25, 0.3) is 11.8 Å². The summed E-state index contributed by atoms with van der Waals surface area (Å²) in [6.07, 6.45) is 1.84. The summed E-state index contributed by atoms with van der Waals surface area (Å²) in [5, 5.41) is 16.6. The van der Waals surface area contributed by atoms with Crippen molar-refractivity contribution in [3.63, 3.8) is 0 Å². The van der Waals surface area contributed by atoms with Gasteiger partial charge < -0.3 is 29.7 Å². The molecular formula is C36H45N5O4. The zero-order valence-corrected chi connectivity index (χ0v) is 27.0. The number of nitrogens with one attached hydrogen (secondary N) is 1. The van der Waals surface area contributed by atoms with E-state index in [9.17, 15) is 9.90 Å². The number of fused-ring (bicyclic) bond motifs is 2. The van der Waals surface area contributed by atoms with Gasteiger partial charge in [0.25, 0.3) is 0 Å². The van der Waals surface area contributed by atoms with Crippen LogP contribution >= 0.6 is 0 Å². The molecule has 0 spiro atoms. The second kappa shape index (κ2) is 13.0. The average Bonchev–Trinajstić information content (AvgIpc) is 3.04. The molecule has 2 amide bonds. The van der Waals surface area contributed by atoms with Crippen molar-refractivity contribution < 1.29 is 19.4 Å². The van der Waals surface area contributed by atoms with Gasteiger partial charge in [0.05, 0.1) is 7.11 Å². The van der Waals surface area contributed by atoms with Crippen LogP contribution in [0.2, 0.25) is 0 Å². The molecule has 9 nitrogen and oxygen atoms in total. The molecular weight excluding hydrogens is 566 g/mol. The molecule has 3 heterocycles. The number of aliphatic hydroxyl groups excluding tert-OH is 1. The van der Waals surface area contributed by atoms with Gasteiger partial charge in [-0.25, -0.2) is 4.79 Å². The van der Waals surface area contributed by atoms with E-state index in [0.29, 0.717) is 31.0 Å². The Kier molecular flexibility index (Phi) is 8.92. The van der Waals surface area contributed by atoms with Crippen molar-refractivity contribution in [3.8, 4) is 11.5 Å². The van der Waals surface area contributed by atoms with Gasteiger partial charge in [0.15, 0.2) is 11.5 Å². The summed E-state index contributed by atoms with van der Waals surface area (Å²) in [5.41, 5.74) is 6.81. The number of nitrogens with zero attached hydrogens (tertiary/aromatic N) is 4. The van der Waals surface area contributed by atoms with Gasteiger partial charge in [0, 0.05) is 75.0 Å². The van der Waals surface area contributed by atoms with E-state index in [1.54, 1.807) is 12.0 Å². The van der Waals surface area contributed by atoms with Crippen LogP contribution in [0, 0.1) is 20.8 Å². The number of ether oxygens (including phenoxy) is 2. The monoisotopic (exact) mass is 611 g/mol. The number of rotatable bonds is 9. The quantitative estimate of drug-likeness (QED) is 0.385. The zero-order valence-electron chi connectivity index (χ0n) is 27.0. The summed E-state index contributed by atoms with van der Waals surface area (Å²) in [6, 6.07) is 18.7. The van der Waals surface area contributed by atoms with E-state index in [4.69, 9.17) is 9.47 Å². The van der Waals surface area contributed by atoms with E-state index in [1.807, 2.05) is 30.1 Å². The number of β-amino-alcohol motifs (C(OH)–C–C–N with tert-alkyl or cyclic N) is 1. The number of aryl methyl sites for hydroxylation is 3. The minimum atomic E-state index is -0.649. The number of hydrogen-bond acceptors (Lipinski definition) is 7. The third-order valence-electron chi connectivity index (χ3n) is 9.23. The van der Waals surface area contributed by atoms with E-state index < -0.39 is 6.10 Å². The van der Waals surface area contributed by atoms with Gasteiger partial charge in [-0.15, -0.1) is 0 Å². The first-order chi connectivity index (χ1) is 21.7. The van der Waals surface area contributed by atoms with Crippen LogP contribution in [0.1, 0.15) is 23.1 Å². The molecule has 2 atom stereocenters. The number of urea groups is 1. The van der Waals surface area contributed by atoms with Gasteiger partial charge in [-0.2, -0.15) is 0 Å². The zero-order chi connectivity index (χ0) is 31.7. The molecule has 0 bridgehead atoms. The lowest BCUT2D eigenvalue weighted by Gasteiger charge is -2.42. The number of methoxy groups -OCH3 is 1. The summed E-state index contributed by atoms with van der Waals surface area (Å²) in [5.74, 6) is 1.18. The fourth-order valence-corrected chi connectivity index (χ4v) is 6.86. The Morgan fingerprint density at radius 1 is 0.978 bits per heavy atom. The molecule has 0 aliphatic carbocycles. The van der Waals surface area contributed by atoms with Crippen LogP contribution in [0.5, 0.6) is 11.5 Å². The number of benzene rings is 3. The highest BCUT2D eigenvalue weighted by Gasteiger charge is 2.36. The third kappa shape index (κ3) is 6.46. The molecule has 3 aromatic rings. The molecule has 2 fully saturated rings. The van der Waals surface area contributed by atoms with Crippen molar-refractivity contribution in [2.45, 2.75) is 39.5 Å². The molecule has 238 valence electrons. The number of aliphatic hydroxyl groups is 1. The van der Waals surface area contributed by atoms with Gasteiger partial charge in [-0.05, 0) is 61.4 Å². The van der Waals surface area contributed by atoms with Crippen LogP contribution in [0.4, 0.5) is 16.2 Å². The molecule has 3 aliphatic rings. The van der Waals surface area contributed by atoms with Crippen LogP contribution < -0.4 is 30.1 Å². The fraction of sp³-hybridized carbons (Fsp3) is 0.417. The molecule has 2 N–H and O–H groups in total. The number of piperazine rings is 1. The van der Waals surface area contributed by atoms with Crippen molar-refractivity contribution >= 4 is 29.2 Å². The summed E-state index contributed by atoms with van der Waals surface area (Å²) in [4.78, 5) is 21.9. The molecule has 45 heavy (non-hydrogen) atoms. The van der Waals surface area contributed by atoms with Crippen LogP contribution in [0.3, 0.4) is 0 Å². The molecule has 6 rings (SSSR count). The van der Waals surface area contributed by atoms with E-state index in [-0.39, 0.29) is 18.8 Å². The molecule has 0 radical (unpaired) electrons. The number of para-hydroxylation sites is 1. The highest BCUT2D eigenvalue weighted by atomic mass is 16.5. The van der Waals surface area contributed by atoms with E-state index in [1.165, 1.54) is 11.3 Å². The maximum absolute atomic E-state index is 13.6. The second-order valence-corrected chi connectivity index (χ2v) is 12.5. The Morgan fingerprint density at radius 3 is 2.38 bits per heavy atom. The summed E-state index contributed by atoms with van der Waals surface area (Å²) >= 11 is 0. The standard InChI is InChI=1S/C36H45N5O4/c1-24-17-25(2)35(26(3)18-24)37-34-21-31-30-20-33(32(44-5)19-27(30)11-12-41(31)36(43)38(34)4)45-23-29(42)22-39-13-15-40(16-14-39)28-9-7-6-8-10-28/h6-11,17-20,29,34,37,42H,12-16,21-23H2,1-5H3. The first kappa shape index (κ1) is 30.8. The van der Waals surface area contributed by atoms with Gasteiger partial charge in [0.2, 0.25) is 0 Å². The highest BCUT2D eigenvalue weighted by molar-refractivity contribution is 5.86. The Bertz CT molecular complexity index is 1650. The van der Waals surface area contributed by atoms with E-state index in [2.05, 4.69) is 78.4 Å². The molecule has 3 aromatic carbocycles. The molecule has 2 saturated heterocycles. The van der Waals surface area contributed by atoms with Crippen LogP contribution in [0.15, 0.2) is 54.6 Å². The predicted octanol–water partition coefficient (Wildman–Crippen LogP) is 3.28. The topological polar surface area (TPSA) is 80.8 Å². The van der Waals surface area contributed by atoms with Crippen molar-refractivity contribution in [3.05, 3.63) is 81.7 Å². The second-order valence-electron chi connectivity index (χ2n) is 12.5. The number of amides is 2. The minimum Gasteiger partial charge on any atom is -0.493 e. The van der Waals surface area contributed by atoms with Crippen LogP contribution in [-0.4, -0.2) is 98.1 Å². The Balaban J connectivity index is 1.17. The van der Waals surface area contributed by atoms with E-state index in [0.717, 1.165) is 59.1 Å². The molecule has 2 unspecified atom stereocenters. The maximum Gasteiger partial charge on any atom is 0.325 e. The first-order valence-corrected chi connectivity index (χ1v) is 15.8. The lowest BCUT2D eigenvalue weighted by molar-refractivity contribution is 0.0653. The number of hydrogen-bond donors (Lipinski definition) is 2. The third-order valence-corrected chi connectivity index (χ3v) is 9.23. The molecule has 0 saturated carbocycles. The van der Waals surface area contributed by atoms with Gasteiger partial charge >= 0.3 is 6.03 Å². The van der Waals surface area contributed by atoms with Crippen LogP contribution in [-0.2, 0) is 0 Å². The number of carbonyl (C=O) groups excluding carboxylic acids is 1. The predicted molar refractivity (Wildman–Crippen MR) is 179 cm³/mol. The first-order valence-electron chi connectivity index (χ1n) is 15.8. The smallest absolute Gasteiger partial charge is 0.325 e. The number of carbonyl (C=O) groups is 1. The summed E-state index contributed by atoms with van der Waals surface area (Å²) in [7, 11) is 3.49. The van der Waals surface area contributed by atoms with Crippen molar-refractivity contribution in [2.24, 2.45) is 0 Å². The summed E-state index contributed by atoms with van der Waals surface area (Å²) < 4.78 is 11.9. The van der Waals surface area contributed by atoms with E-state index >= 15 is 0 Å². The molecule has 3 aliphatic heterocycles. The highest BCUT2D eigenvalue weighted by Crippen LogP contribution is 2.31. The van der Waals surface area contributed by atoms with Gasteiger partial charge in [-0.3, -0.25) is 9.80 Å². The van der Waals surface area contributed by atoms with Crippen molar-refractivity contribution in [1.29, 1.82) is 0 Å². The van der Waals surface area contributed by atoms with Crippen molar-refractivity contribution in [1.82, 2.24) is 14.7 Å². The van der Waals surface area contributed by atoms with Gasteiger partial charge in [-0.1, -0.05) is 42.0 Å². The molecule has 0 aromatic heterocycles. The Labute approximate surface area is 265 Å². The maximum atomic E-state index is 13.6. The largest absolute Gasteiger partial charge is 0.493 e. The Hall–Kier alpha value is -4.21. The van der Waals surface area contributed by atoms with Gasteiger partial charge in [0.1, 0.15) is 18.9 Å². The lowest BCUT2D eigenvalue weighted by Crippen LogP contribution is -2.57. The number of anilines is 2. The normalized spacial score (nSPS) is 19.1. The Morgan fingerprint density at radius 2 is 1.69 bits per heavy atom.